The molecule has 0 bridgehead atoms. The summed E-state index contributed by atoms with van der Waals surface area (Å²) in [6, 6.07) is 0. The molecule has 1 unspecified atom stereocenters. The molecule has 0 aromatic rings. The molecule has 1 rings (SSSR count). The van der Waals surface area contributed by atoms with Gasteiger partial charge in [-0.15, -0.1) is 11.6 Å². The summed E-state index contributed by atoms with van der Waals surface area (Å²) in [6.45, 7) is 2.56. The van der Waals surface area contributed by atoms with Crippen molar-refractivity contribution >= 4 is 17.8 Å². The third-order valence-electron chi connectivity index (χ3n) is 0.425. The zero-order chi connectivity index (χ0) is 4.41. The zero-order valence-corrected chi connectivity index (χ0v) is 3.66. The fourth-order valence-corrected chi connectivity index (χ4v) is 0.308. The molecule has 1 heterocycles. The van der Waals surface area contributed by atoms with Gasteiger partial charge in [0.2, 0.25) is 0 Å². The minimum absolute atomic E-state index is 0.259. The average molecular weight is 102 g/mol. The van der Waals surface area contributed by atoms with Gasteiger partial charge in [-0.3, -0.25) is 5.43 Å². The highest BCUT2D eigenvalue weighted by atomic mass is 35.5. The zero-order valence-electron chi connectivity index (χ0n) is 2.90. The summed E-state index contributed by atoms with van der Waals surface area (Å²) in [5, 5.41) is 3.16. The predicted molar refractivity (Wildman–Crippen MR) is 23.5 cm³/mol. The summed E-state index contributed by atoms with van der Waals surface area (Å²) in [7, 11) is 0. The van der Waals surface area contributed by atoms with E-state index >= 15 is 0 Å². The predicted octanol–water partition coefficient (Wildman–Crippen LogP) is 0.0986. The highest BCUT2D eigenvalue weighted by Crippen LogP contribution is 1.97. The Bertz CT molecular complexity index is 71.2. The van der Waals surface area contributed by atoms with E-state index in [0.29, 0.717) is 0 Å². The molecule has 6 heavy (non-hydrogen) atoms. The van der Waals surface area contributed by atoms with Crippen molar-refractivity contribution in [2.75, 3.05) is 0 Å². The Morgan fingerprint density at radius 1 is 1.83 bits per heavy atom. The van der Waals surface area contributed by atoms with Gasteiger partial charge in [-0.25, -0.2) is 0 Å². The first-order chi connectivity index (χ1) is 2.89. The number of hydrazone groups is 1. The summed E-state index contributed by atoms with van der Waals surface area (Å²) >= 11 is 5.33. The van der Waals surface area contributed by atoms with Crippen LogP contribution in [0.5, 0.6) is 0 Å². The molecule has 1 N–H and O–H groups in total. The molecule has 0 aromatic heterocycles. The van der Waals surface area contributed by atoms with Crippen molar-refractivity contribution in [3.8, 4) is 0 Å². The second kappa shape index (κ2) is 1.47. The number of hydrogen-bond donors (Lipinski definition) is 1. The van der Waals surface area contributed by atoms with Gasteiger partial charge in [0, 0.05) is 0 Å². The van der Waals surface area contributed by atoms with Gasteiger partial charge in [0.15, 0.2) is 0 Å². The summed E-state index contributed by atoms with van der Waals surface area (Å²) < 4.78 is 0. The number of nitrogens with one attached hydrogen (secondary N) is 1. The minimum Gasteiger partial charge on any atom is -0.296 e. The van der Waals surface area contributed by atoms with Gasteiger partial charge in [-0.2, -0.15) is 5.10 Å². The number of halogens is 1. The fraction of sp³-hybridized carbons (Fsp3) is 0.333. The van der Waals surface area contributed by atoms with Crippen molar-refractivity contribution in [2.45, 2.75) is 5.38 Å². The molecule has 1 atom stereocenters. The van der Waals surface area contributed by atoms with Crippen LogP contribution in [0, 0.1) is 6.54 Å². The lowest BCUT2D eigenvalue weighted by atomic mass is 10.5. The molecule has 2 nitrogen and oxygen atoms in total. The van der Waals surface area contributed by atoms with Crippen molar-refractivity contribution in [1.29, 1.82) is 0 Å². The van der Waals surface area contributed by atoms with E-state index < -0.39 is 0 Å². The lowest BCUT2D eigenvalue weighted by Crippen LogP contribution is -1.99. The maximum absolute atomic E-state index is 5.33. The van der Waals surface area contributed by atoms with E-state index in [1.807, 2.05) is 0 Å². The Kier molecular flexibility index (Phi) is 0.965. The Hall–Kier alpha value is -0.240. The number of nitrogens with zero attached hydrogens (tertiary/aromatic N) is 1. The monoisotopic (exact) mass is 101 g/mol. The van der Waals surface area contributed by atoms with E-state index in [4.69, 9.17) is 11.6 Å². The van der Waals surface area contributed by atoms with E-state index in [1.165, 1.54) is 0 Å². The first-order valence-corrected chi connectivity index (χ1v) is 1.93. The number of hydrogen-bond acceptors (Lipinski definition) is 2. The third-order valence-corrected chi connectivity index (χ3v) is 0.632. The molecule has 3 radical (unpaired) electrons. The van der Waals surface area contributed by atoms with Crippen LogP contribution >= 0.6 is 11.6 Å². The first kappa shape index (κ1) is 3.93. The van der Waals surface area contributed by atoms with Gasteiger partial charge in [-0.05, 0) is 0 Å². The van der Waals surface area contributed by atoms with E-state index in [1.54, 1.807) is 0 Å². The largest absolute Gasteiger partial charge is 0.296 e. The Balaban J connectivity index is 2.38. The number of rotatable bonds is 0. The Morgan fingerprint density at radius 2 is 2.67 bits per heavy atom. The Morgan fingerprint density at radius 3 is 2.83 bits per heavy atom. The average Bonchev–Trinajstić information content (AvgIpc) is 1.86. The molecule has 0 spiro atoms. The van der Waals surface area contributed by atoms with Crippen molar-refractivity contribution in [1.82, 2.24) is 5.43 Å². The first-order valence-electron chi connectivity index (χ1n) is 1.49. The van der Waals surface area contributed by atoms with E-state index in [-0.39, 0.29) is 5.38 Å². The van der Waals surface area contributed by atoms with Gasteiger partial charge in [0.25, 0.3) is 0 Å². The second-order valence-electron chi connectivity index (χ2n) is 0.860. The van der Waals surface area contributed by atoms with E-state index in [9.17, 15) is 0 Å². The smallest absolute Gasteiger partial charge is 0.134 e. The van der Waals surface area contributed by atoms with Gasteiger partial charge < -0.3 is 0 Å². The van der Waals surface area contributed by atoms with Gasteiger partial charge >= 0.3 is 0 Å². The van der Waals surface area contributed by atoms with Crippen LogP contribution in [0.3, 0.4) is 0 Å². The van der Waals surface area contributed by atoms with Crippen molar-refractivity contribution in [2.24, 2.45) is 5.10 Å². The van der Waals surface area contributed by atoms with Crippen LogP contribution in [0.1, 0.15) is 0 Å². The lowest BCUT2D eigenvalue weighted by molar-refractivity contribution is 0.920. The highest BCUT2D eigenvalue weighted by molar-refractivity contribution is 6.29. The molecule has 0 saturated carbocycles. The maximum atomic E-state index is 5.33. The molecule has 3 heteroatoms. The minimum atomic E-state index is -0.259. The highest BCUT2D eigenvalue weighted by Gasteiger charge is 2.05. The normalized spacial score (nSPS) is 30.5. The standard InChI is InChI=1S/C3H2ClN2/c4-3-1-5-6-2-3/h3,5H. The van der Waals surface area contributed by atoms with Crippen LogP contribution < -0.4 is 5.43 Å². The van der Waals surface area contributed by atoms with Crippen LogP contribution in [0.25, 0.3) is 0 Å². The molecular formula is C3H2ClN2. The summed E-state index contributed by atoms with van der Waals surface area (Å²) in [4.78, 5) is 0. The molecular weight excluding hydrogens is 99.5 g/mol. The van der Waals surface area contributed by atoms with Crippen LogP contribution in [-0.2, 0) is 0 Å². The van der Waals surface area contributed by atoms with Crippen molar-refractivity contribution in [3.05, 3.63) is 6.54 Å². The maximum Gasteiger partial charge on any atom is 0.134 e. The SMILES string of the molecule is ClC1[C]NN=[C]1. The Labute approximate surface area is 41.2 Å². The summed E-state index contributed by atoms with van der Waals surface area (Å²) in [5.74, 6) is 0. The van der Waals surface area contributed by atoms with Crippen LogP contribution in [-0.4, -0.2) is 11.6 Å². The van der Waals surface area contributed by atoms with Crippen LogP contribution in [0.2, 0.25) is 0 Å². The van der Waals surface area contributed by atoms with Gasteiger partial charge in [-0.1, -0.05) is 0 Å². The molecule has 1 aliphatic heterocycles. The summed E-state index contributed by atoms with van der Waals surface area (Å²) in [6.07, 6.45) is 2.49. The fourth-order valence-electron chi connectivity index (χ4n) is 0.210. The molecule has 0 aliphatic carbocycles. The van der Waals surface area contributed by atoms with E-state index in [2.05, 4.69) is 23.3 Å². The van der Waals surface area contributed by atoms with Crippen molar-refractivity contribution < 1.29 is 0 Å². The quantitative estimate of drug-likeness (QED) is 0.430. The second-order valence-corrected chi connectivity index (χ2v) is 1.30. The lowest BCUT2D eigenvalue weighted by Gasteiger charge is -1.82. The van der Waals surface area contributed by atoms with Crippen LogP contribution in [0.4, 0.5) is 0 Å². The molecule has 0 amide bonds. The van der Waals surface area contributed by atoms with Crippen molar-refractivity contribution in [3.63, 3.8) is 0 Å². The molecule has 0 aromatic carbocycles. The van der Waals surface area contributed by atoms with Gasteiger partial charge in [0.05, 0.1) is 0 Å². The van der Waals surface area contributed by atoms with Gasteiger partial charge in [0.1, 0.15) is 18.1 Å². The molecule has 31 valence electrons. The molecule has 0 saturated heterocycles. The molecule has 1 aliphatic rings. The summed E-state index contributed by atoms with van der Waals surface area (Å²) in [5.41, 5.74) is 2.40. The molecule has 0 fully saturated rings. The topological polar surface area (TPSA) is 24.4 Å². The van der Waals surface area contributed by atoms with Crippen LogP contribution in [0.15, 0.2) is 5.10 Å². The third kappa shape index (κ3) is 0.627. The van der Waals surface area contributed by atoms with E-state index in [0.717, 1.165) is 0 Å². The number of alkyl halides is 1.